The van der Waals surface area contributed by atoms with E-state index in [0.717, 1.165) is 17.6 Å². The lowest BCUT2D eigenvalue weighted by atomic mass is 10.2. The lowest BCUT2D eigenvalue weighted by molar-refractivity contribution is 0.0916. The molecule has 0 aliphatic rings. The summed E-state index contributed by atoms with van der Waals surface area (Å²) in [5.41, 5.74) is 0.637. The molecule has 0 fully saturated rings. The molecule has 0 aliphatic heterocycles. The van der Waals surface area contributed by atoms with Gasteiger partial charge in [0, 0.05) is 36.8 Å². The van der Waals surface area contributed by atoms with Crippen molar-refractivity contribution in [3.05, 3.63) is 78.2 Å². The predicted octanol–water partition coefficient (Wildman–Crippen LogP) is 5.39. The van der Waals surface area contributed by atoms with E-state index in [9.17, 15) is 18.0 Å². The molecule has 1 amide bonds. The van der Waals surface area contributed by atoms with Gasteiger partial charge in [-0.3, -0.25) is 19.9 Å². The Bertz CT molecular complexity index is 1650. The topological polar surface area (TPSA) is 143 Å². The van der Waals surface area contributed by atoms with Crippen molar-refractivity contribution in [2.45, 2.75) is 24.8 Å². The van der Waals surface area contributed by atoms with E-state index in [1.807, 2.05) is 6.92 Å². The Labute approximate surface area is 241 Å². The Hall–Kier alpha value is -4.33. The van der Waals surface area contributed by atoms with E-state index in [-0.39, 0.29) is 27.5 Å². The maximum Gasteiger partial charge on any atom is 0.257 e. The van der Waals surface area contributed by atoms with Gasteiger partial charge in [0.25, 0.3) is 5.91 Å². The van der Waals surface area contributed by atoms with Crippen LogP contribution >= 0.6 is 11.3 Å². The fourth-order valence-electron chi connectivity index (χ4n) is 3.54. The molecule has 0 aliphatic carbocycles. The number of anilines is 1. The van der Waals surface area contributed by atoms with Crippen LogP contribution in [0.1, 0.15) is 34.6 Å². The van der Waals surface area contributed by atoms with E-state index in [1.165, 1.54) is 55.8 Å². The van der Waals surface area contributed by atoms with Gasteiger partial charge in [0.2, 0.25) is 5.06 Å². The summed E-state index contributed by atoms with van der Waals surface area (Å²) in [6, 6.07) is 12.2. The van der Waals surface area contributed by atoms with Gasteiger partial charge >= 0.3 is 0 Å². The Morgan fingerprint density at radius 1 is 0.927 bits per heavy atom. The van der Waals surface area contributed by atoms with Crippen molar-refractivity contribution < 1.29 is 37.0 Å². The average molecular weight is 598 g/mol. The summed E-state index contributed by atoms with van der Waals surface area (Å²) in [4.78, 5) is 33.1. The Morgan fingerprint density at radius 3 is 2.32 bits per heavy atom. The van der Waals surface area contributed by atoms with Gasteiger partial charge in [-0.15, -0.1) is 0 Å². The zero-order chi connectivity index (χ0) is 29.6. The molecule has 1 atom stereocenters. The number of thiazole rings is 1. The van der Waals surface area contributed by atoms with Crippen molar-refractivity contribution in [2.24, 2.45) is 0 Å². The number of hydrogen-bond acceptors (Lipinski definition) is 11. The van der Waals surface area contributed by atoms with Crippen LogP contribution in [0.25, 0.3) is 0 Å². The maximum atomic E-state index is 13.2. The van der Waals surface area contributed by atoms with E-state index in [0.29, 0.717) is 40.2 Å². The first-order valence-electron chi connectivity index (χ1n) is 12.2. The van der Waals surface area contributed by atoms with E-state index < -0.39 is 15.7 Å². The second kappa shape index (κ2) is 12.9. The highest BCUT2D eigenvalue weighted by Gasteiger charge is 2.16. The molecule has 4 aromatic rings. The standard InChI is InChI=1S/C28H27N3O8S2/c1-17(16-36-3)37-22-9-19(10-23(12-22)38-21-5-7-25(8-6-21)41(4,34)35)27(33)31-28-30-15-26(40-28)39-24-11-20(18(2)32)13-29-14-24/h5-15,17H,16H2,1-4H3,(H,30,31,33)/t17-/m0/s1. The third-order valence-corrected chi connectivity index (χ3v) is 7.33. The van der Waals surface area contributed by atoms with E-state index in [4.69, 9.17) is 18.9 Å². The monoisotopic (exact) mass is 597 g/mol. The number of carbonyl (C=O) groups is 2. The smallest absolute Gasteiger partial charge is 0.257 e. The quantitative estimate of drug-likeness (QED) is 0.211. The van der Waals surface area contributed by atoms with Crippen molar-refractivity contribution in [1.29, 1.82) is 0 Å². The molecular formula is C28H27N3O8S2. The molecule has 0 saturated carbocycles. The molecule has 0 bridgehead atoms. The number of rotatable bonds is 12. The largest absolute Gasteiger partial charge is 0.488 e. The molecule has 0 unspecified atom stereocenters. The van der Waals surface area contributed by atoms with Crippen molar-refractivity contribution in [1.82, 2.24) is 9.97 Å². The molecule has 214 valence electrons. The van der Waals surface area contributed by atoms with Crippen LogP contribution in [0.4, 0.5) is 5.13 Å². The van der Waals surface area contributed by atoms with E-state index >= 15 is 0 Å². The zero-order valence-electron chi connectivity index (χ0n) is 22.6. The number of ketones is 1. The van der Waals surface area contributed by atoms with Crippen LogP contribution in [-0.2, 0) is 14.6 Å². The van der Waals surface area contributed by atoms with Crippen molar-refractivity contribution >= 4 is 38.0 Å². The third-order valence-electron chi connectivity index (χ3n) is 5.41. The normalized spacial score (nSPS) is 11.9. The number of aromatic nitrogens is 2. The second-order valence-corrected chi connectivity index (χ2v) is 11.9. The number of nitrogens with one attached hydrogen (secondary N) is 1. The molecule has 0 radical (unpaired) electrons. The first kappa shape index (κ1) is 29.6. The highest BCUT2D eigenvalue weighted by molar-refractivity contribution is 7.90. The summed E-state index contributed by atoms with van der Waals surface area (Å²) in [7, 11) is -1.80. The fourth-order valence-corrected chi connectivity index (χ4v) is 4.85. The van der Waals surface area contributed by atoms with Gasteiger partial charge in [-0.25, -0.2) is 13.4 Å². The van der Waals surface area contributed by atoms with Crippen molar-refractivity contribution in [3.63, 3.8) is 0 Å². The van der Waals surface area contributed by atoms with Gasteiger partial charge in [0.15, 0.2) is 20.8 Å². The number of Topliss-reactive ketones (excluding diaryl/α,β-unsaturated/α-hetero) is 1. The first-order chi connectivity index (χ1) is 19.5. The third kappa shape index (κ3) is 8.33. The highest BCUT2D eigenvalue weighted by atomic mass is 32.2. The maximum absolute atomic E-state index is 13.2. The molecule has 11 nitrogen and oxygen atoms in total. The SMILES string of the molecule is COC[C@H](C)Oc1cc(Oc2ccc(S(C)(=O)=O)cc2)cc(C(=O)Nc2ncc(Oc3cncc(C(C)=O)c3)s2)c1. The number of amides is 1. The summed E-state index contributed by atoms with van der Waals surface area (Å²) in [5, 5.41) is 3.39. The fraction of sp³-hybridized carbons (Fsp3) is 0.214. The number of pyridine rings is 1. The summed E-state index contributed by atoms with van der Waals surface area (Å²) in [6.45, 7) is 3.58. The van der Waals surface area contributed by atoms with Gasteiger partial charge in [-0.05, 0) is 56.3 Å². The van der Waals surface area contributed by atoms with Crippen LogP contribution in [0.2, 0.25) is 0 Å². The predicted molar refractivity (Wildman–Crippen MR) is 152 cm³/mol. The van der Waals surface area contributed by atoms with Crippen LogP contribution in [0.3, 0.4) is 0 Å². The summed E-state index contributed by atoms with van der Waals surface area (Å²) < 4.78 is 46.2. The first-order valence-corrected chi connectivity index (χ1v) is 14.9. The summed E-state index contributed by atoms with van der Waals surface area (Å²) in [5.74, 6) is 0.776. The van der Waals surface area contributed by atoms with Crippen LogP contribution in [0.5, 0.6) is 28.1 Å². The van der Waals surface area contributed by atoms with Gasteiger partial charge in [-0.2, -0.15) is 0 Å². The molecule has 13 heteroatoms. The number of benzene rings is 2. The summed E-state index contributed by atoms with van der Waals surface area (Å²) >= 11 is 1.09. The molecule has 2 aromatic carbocycles. The highest BCUT2D eigenvalue weighted by Crippen LogP contribution is 2.32. The molecule has 0 spiro atoms. The number of nitrogens with zero attached hydrogens (tertiary/aromatic N) is 2. The van der Waals surface area contributed by atoms with Crippen LogP contribution in [0.15, 0.2) is 72.0 Å². The zero-order valence-corrected chi connectivity index (χ0v) is 24.2. The molecular weight excluding hydrogens is 570 g/mol. The summed E-state index contributed by atoms with van der Waals surface area (Å²) in [6.07, 6.45) is 5.17. The van der Waals surface area contributed by atoms with E-state index in [2.05, 4.69) is 15.3 Å². The Morgan fingerprint density at radius 2 is 1.63 bits per heavy atom. The van der Waals surface area contributed by atoms with Crippen LogP contribution in [-0.4, -0.2) is 56.2 Å². The van der Waals surface area contributed by atoms with Crippen LogP contribution in [0, 0.1) is 0 Å². The molecule has 41 heavy (non-hydrogen) atoms. The minimum absolute atomic E-state index is 0.141. The Kier molecular flexibility index (Phi) is 9.32. The molecule has 2 aromatic heterocycles. The minimum Gasteiger partial charge on any atom is -0.488 e. The molecule has 2 heterocycles. The lowest BCUT2D eigenvalue weighted by Crippen LogP contribution is -2.18. The van der Waals surface area contributed by atoms with E-state index in [1.54, 1.807) is 25.3 Å². The molecule has 1 N–H and O–H groups in total. The minimum atomic E-state index is -3.36. The van der Waals surface area contributed by atoms with Crippen LogP contribution < -0.4 is 19.5 Å². The number of carbonyl (C=O) groups excluding carboxylic acids is 2. The van der Waals surface area contributed by atoms with Crippen molar-refractivity contribution in [2.75, 3.05) is 25.3 Å². The second-order valence-electron chi connectivity index (χ2n) is 8.93. The number of ether oxygens (including phenoxy) is 4. The number of hydrogen-bond donors (Lipinski definition) is 1. The van der Waals surface area contributed by atoms with Gasteiger partial charge in [-0.1, -0.05) is 11.3 Å². The van der Waals surface area contributed by atoms with Gasteiger partial charge in [0.05, 0.1) is 23.9 Å². The van der Waals surface area contributed by atoms with Gasteiger partial charge < -0.3 is 18.9 Å². The number of methoxy groups -OCH3 is 1. The lowest BCUT2D eigenvalue weighted by Gasteiger charge is -2.16. The van der Waals surface area contributed by atoms with Gasteiger partial charge in [0.1, 0.15) is 29.1 Å². The van der Waals surface area contributed by atoms with Crippen molar-refractivity contribution in [3.8, 4) is 28.1 Å². The number of sulfone groups is 1. The Balaban J connectivity index is 1.53. The average Bonchev–Trinajstić information content (AvgIpc) is 3.35. The molecule has 0 saturated heterocycles. The molecule has 4 rings (SSSR count).